The first-order valence-electron chi connectivity index (χ1n) is 9.53. The van der Waals surface area contributed by atoms with E-state index in [-0.39, 0.29) is 5.91 Å². The Balaban J connectivity index is 1.45. The highest BCUT2D eigenvalue weighted by molar-refractivity contribution is 5.92. The molecule has 4 aromatic rings. The zero-order valence-corrected chi connectivity index (χ0v) is 16.2. The Morgan fingerprint density at radius 1 is 1.00 bits per heavy atom. The van der Waals surface area contributed by atoms with Crippen molar-refractivity contribution in [2.24, 2.45) is 0 Å². The highest BCUT2D eigenvalue weighted by atomic mass is 16.2. The Kier molecular flexibility index (Phi) is 4.98. The van der Waals surface area contributed by atoms with Crippen molar-refractivity contribution in [3.8, 4) is 0 Å². The molecular formula is C23H24N4O. The lowest BCUT2D eigenvalue weighted by atomic mass is 10.2. The van der Waals surface area contributed by atoms with Gasteiger partial charge in [0.1, 0.15) is 5.69 Å². The van der Waals surface area contributed by atoms with E-state index in [2.05, 4.69) is 40.1 Å². The maximum atomic E-state index is 12.8. The van der Waals surface area contributed by atoms with E-state index in [0.29, 0.717) is 18.8 Å². The van der Waals surface area contributed by atoms with Crippen LogP contribution in [0, 0.1) is 13.8 Å². The molecule has 0 atom stereocenters. The third-order valence-electron chi connectivity index (χ3n) is 4.95. The van der Waals surface area contributed by atoms with Crippen LogP contribution < -0.4 is 5.32 Å². The molecule has 2 aromatic carbocycles. The highest BCUT2D eigenvalue weighted by Gasteiger charge is 2.14. The Morgan fingerprint density at radius 2 is 1.75 bits per heavy atom. The molecule has 0 saturated carbocycles. The Morgan fingerprint density at radius 3 is 2.57 bits per heavy atom. The van der Waals surface area contributed by atoms with Gasteiger partial charge in [-0.3, -0.25) is 9.48 Å². The minimum atomic E-state index is -0.0920. The van der Waals surface area contributed by atoms with Crippen molar-refractivity contribution >= 4 is 16.8 Å². The monoisotopic (exact) mass is 372 g/mol. The number of amides is 1. The van der Waals surface area contributed by atoms with Gasteiger partial charge in [0.2, 0.25) is 0 Å². The van der Waals surface area contributed by atoms with Gasteiger partial charge in [-0.1, -0.05) is 48.5 Å². The van der Waals surface area contributed by atoms with Crippen molar-refractivity contribution in [3.63, 3.8) is 0 Å². The van der Waals surface area contributed by atoms with Gasteiger partial charge in [0.15, 0.2) is 0 Å². The summed E-state index contributed by atoms with van der Waals surface area (Å²) < 4.78 is 4.01. The lowest BCUT2D eigenvalue weighted by Gasteiger charge is -2.11. The van der Waals surface area contributed by atoms with E-state index >= 15 is 0 Å². The normalized spacial score (nSPS) is 11.1. The van der Waals surface area contributed by atoms with E-state index in [9.17, 15) is 4.79 Å². The number of carbonyl (C=O) groups is 1. The molecule has 1 amide bonds. The van der Waals surface area contributed by atoms with Crippen molar-refractivity contribution in [2.75, 3.05) is 6.54 Å². The molecule has 0 fully saturated rings. The smallest absolute Gasteiger partial charge is 0.269 e. The number of nitrogens with zero attached hydrogens (tertiary/aromatic N) is 3. The number of fused-ring (bicyclic) bond motifs is 1. The van der Waals surface area contributed by atoms with Gasteiger partial charge in [-0.25, -0.2) is 0 Å². The molecule has 0 spiro atoms. The fourth-order valence-corrected chi connectivity index (χ4v) is 3.62. The summed E-state index contributed by atoms with van der Waals surface area (Å²) in [7, 11) is 0. The number of hydrogen-bond donors (Lipinski definition) is 1. The molecule has 1 N–H and O–H groups in total. The zero-order valence-electron chi connectivity index (χ0n) is 16.2. The number of carbonyl (C=O) groups excluding carboxylic acids is 1. The summed E-state index contributed by atoms with van der Waals surface area (Å²) >= 11 is 0. The second-order valence-electron chi connectivity index (χ2n) is 7.07. The van der Waals surface area contributed by atoms with Crippen LogP contribution in [0.2, 0.25) is 0 Å². The maximum absolute atomic E-state index is 12.8. The largest absolute Gasteiger partial charge is 0.349 e. The zero-order chi connectivity index (χ0) is 19.5. The number of para-hydroxylation sites is 1. The highest BCUT2D eigenvalue weighted by Crippen LogP contribution is 2.18. The molecule has 0 radical (unpaired) electrons. The molecule has 0 aliphatic rings. The number of nitrogens with one attached hydrogen (secondary N) is 1. The third-order valence-corrected chi connectivity index (χ3v) is 4.95. The predicted octanol–water partition coefficient (Wildman–Crippen LogP) is 3.93. The van der Waals surface area contributed by atoms with Crippen molar-refractivity contribution in [1.29, 1.82) is 0 Å². The minimum absolute atomic E-state index is 0.0920. The van der Waals surface area contributed by atoms with E-state index in [1.54, 1.807) is 4.68 Å². The predicted molar refractivity (Wildman–Crippen MR) is 112 cm³/mol. The summed E-state index contributed by atoms with van der Waals surface area (Å²) in [6.45, 7) is 5.89. The average Bonchev–Trinajstić information content (AvgIpc) is 3.22. The summed E-state index contributed by atoms with van der Waals surface area (Å²) in [4.78, 5) is 12.8. The standard InChI is InChI=1S/C23H24N4O/c1-17-14-22(27(25-17)16-19-8-4-3-5-9-19)23(28)24-12-13-26-18(2)15-20-10-6-7-11-21(20)26/h3-11,14-15H,12-13,16H2,1-2H3,(H,24,28). The van der Waals surface area contributed by atoms with Gasteiger partial charge in [-0.05, 0) is 43.0 Å². The third kappa shape index (κ3) is 3.69. The molecule has 0 aliphatic carbocycles. The molecule has 5 heteroatoms. The molecule has 4 rings (SSSR count). The summed E-state index contributed by atoms with van der Waals surface area (Å²) in [5.74, 6) is -0.0920. The van der Waals surface area contributed by atoms with E-state index in [4.69, 9.17) is 0 Å². The first kappa shape index (κ1) is 18.0. The molecule has 5 nitrogen and oxygen atoms in total. The van der Waals surface area contributed by atoms with Crippen LogP contribution in [0.15, 0.2) is 66.7 Å². The van der Waals surface area contributed by atoms with Crippen molar-refractivity contribution in [2.45, 2.75) is 26.9 Å². The number of aromatic nitrogens is 3. The van der Waals surface area contributed by atoms with E-state index in [1.807, 2.05) is 55.5 Å². The molecule has 2 heterocycles. The number of aryl methyl sites for hydroxylation is 2. The first-order valence-corrected chi connectivity index (χ1v) is 9.53. The fraction of sp³-hybridized carbons (Fsp3) is 0.217. The molecule has 142 valence electrons. The van der Waals surface area contributed by atoms with Crippen LogP contribution in [0.1, 0.15) is 27.4 Å². The van der Waals surface area contributed by atoms with Gasteiger partial charge < -0.3 is 9.88 Å². The second-order valence-corrected chi connectivity index (χ2v) is 7.07. The Labute approximate surface area is 164 Å². The van der Waals surface area contributed by atoms with Crippen LogP contribution in [0.4, 0.5) is 0 Å². The molecule has 0 bridgehead atoms. The van der Waals surface area contributed by atoms with Crippen molar-refractivity contribution in [1.82, 2.24) is 19.7 Å². The molecule has 0 saturated heterocycles. The van der Waals surface area contributed by atoms with Crippen LogP contribution in [0.3, 0.4) is 0 Å². The lowest BCUT2D eigenvalue weighted by Crippen LogP contribution is -2.29. The van der Waals surface area contributed by atoms with Gasteiger partial charge >= 0.3 is 0 Å². The summed E-state index contributed by atoms with van der Waals surface area (Å²) in [5, 5.41) is 8.76. The van der Waals surface area contributed by atoms with Crippen molar-refractivity contribution < 1.29 is 4.79 Å². The number of benzene rings is 2. The molecule has 2 aromatic heterocycles. The molecule has 28 heavy (non-hydrogen) atoms. The maximum Gasteiger partial charge on any atom is 0.269 e. The lowest BCUT2D eigenvalue weighted by molar-refractivity contribution is 0.0942. The van der Waals surface area contributed by atoms with Gasteiger partial charge in [0.25, 0.3) is 5.91 Å². The SMILES string of the molecule is Cc1cc(C(=O)NCCn2c(C)cc3ccccc32)n(Cc2ccccc2)n1. The van der Waals surface area contributed by atoms with Crippen LogP contribution in [-0.4, -0.2) is 26.8 Å². The quantitative estimate of drug-likeness (QED) is 0.557. The number of rotatable bonds is 6. The van der Waals surface area contributed by atoms with Gasteiger partial charge in [-0.15, -0.1) is 0 Å². The van der Waals surface area contributed by atoms with Gasteiger partial charge in [-0.2, -0.15) is 5.10 Å². The van der Waals surface area contributed by atoms with Crippen LogP contribution >= 0.6 is 0 Å². The summed E-state index contributed by atoms with van der Waals surface area (Å²) in [6, 6.07) is 22.4. The van der Waals surface area contributed by atoms with Crippen LogP contribution in [0.5, 0.6) is 0 Å². The molecular weight excluding hydrogens is 348 g/mol. The van der Waals surface area contributed by atoms with Gasteiger partial charge in [0.05, 0.1) is 12.2 Å². The van der Waals surface area contributed by atoms with E-state index in [0.717, 1.165) is 17.8 Å². The topological polar surface area (TPSA) is 51.9 Å². The Hall–Kier alpha value is -3.34. The fourth-order valence-electron chi connectivity index (χ4n) is 3.62. The summed E-state index contributed by atoms with van der Waals surface area (Å²) in [6.07, 6.45) is 0. The number of hydrogen-bond acceptors (Lipinski definition) is 2. The Bertz CT molecular complexity index is 1110. The second kappa shape index (κ2) is 7.72. The van der Waals surface area contributed by atoms with E-state index < -0.39 is 0 Å². The minimum Gasteiger partial charge on any atom is -0.349 e. The summed E-state index contributed by atoms with van der Waals surface area (Å²) in [5.41, 5.74) is 4.94. The average molecular weight is 372 g/mol. The molecule has 0 aliphatic heterocycles. The van der Waals surface area contributed by atoms with Gasteiger partial charge in [0, 0.05) is 24.3 Å². The van der Waals surface area contributed by atoms with Crippen LogP contribution in [-0.2, 0) is 13.1 Å². The van der Waals surface area contributed by atoms with E-state index in [1.165, 1.54) is 16.6 Å². The first-order chi connectivity index (χ1) is 13.6. The van der Waals surface area contributed by atoms with Crippen LogP contribution in [0.25, 0.3) is 10.9 Å². The molecule has 0 unspecified atom stereocenters. The van der Waals surface area contributed by atoms with Crippen molar-refractivity contribution in [3.05, 3.63) is 89.4 Å².